The van der Waals surface area contributed by atoms with Crippen LogP contribution >= 0.6 is 0 Å². The molecular formula is C16H22N4O. The molecule has 21 heavy (non-hydrogen) atoms. The summed E-state index contributed by atoms with van der Waals surface area (Å²) in [6.07, 6.45) is 0.911. The molecule has 0 aliphatic heterocycles. The predicted octanol–water partition coefficient (Wildman–Crippen LogP) is 3.08. The summed E-state index contributed by atoms with van der Waals surface area (Å²) in [5.74, 6) is 1.71. The van der Waals surface area contributed by atoms with E-state index in [4.69, 9.17) is 10.5 Å². The zero-order valence-corrected chi connectivity index (χ0v) is 12.8. The van der Waals surface area contributed by atoms with Crippen molar-refractivity contribution in [3.63, 3.8) is 0 Å². The topological polar surface area (TPSA) is 73.1 Å². The maximum Gasteiger partial charge on any atom is 0.242 e. The molecular weight excluding hydrogens is 264 g/mol. The van der Waals surface area contributed by atoms with Crippen LogP contribution in [0.1, 0.15) is 30.3 Å². The number of hydrogen-bond acceptors (Lipinski definition) is 5. The maximum absolute atomic E-state index is 6.07. The summed E-state index contributed by atoms with van der Waals surface area (Å²) in [6, 6.07) is 8.34. The molecule has 5 nitrogen and oxygen atoms in total. The number of ether oxygens (including phenoxy) is 1. The summed E-state index contributed by atoms with van der Waals surface area (Å²) < 4.78 is 5.56. The van der Waals surface area contributed by atoms with Crippen LogP contribution in [0.3, 0.4) is 0 Å². The number of nitrogens with one attached hydrogen (secondary N) is 1. The van der Waals surface area contributed by atoms with Gasteiger partial charge in [0.1, 0.15) is 11.5 Å². The van der Waals surface area contributed by atoms with E-state index in [9.17, 15) is 0 Å². The standard InChI is InChI=1S/C16H22N4O/c1-4-9-21-16-14(17)15(19-12(3)20-16)18-10-13-7-5-11(2)6-8-13/h5-8H,4,9-10,17H2,1-3H3,(H,18,19,20). The molecule has 0 aliphatic rings. The van der Waals surface area contributed by atoms with Gasteiger partial charge >= 0.3 is 0 Å². The van der Waals surface area contributed by atoms with E-state index in [0.717, 1.165) is 6.42 Å². The van der Waals surface area contributed by atoms with Gasteiger partial charge in [-0.25, -0.2) is 4.98 Å². The second-order valence-electron chi connectivity index (χ2n) is 5.03. The lowest BCUT2D eigenvalue weighted by molar-refractivity contribution is 0.306. The van der Waals surface area contributed by atoms with Gasteiger partial charge in [0, 0.05) is 6.54 Å². The second kappa shape index (κ2) is 6.92. The van der Waals surface area contributed by atoms with Gasteiger partial charge in [0.05, 0.1) is 6.61 Å². The van der Waals surface area contributed by atoms with Crippen molar-refractivity contribution in [2.24, 2.45) is 0 Å². The molecule has 3 N–H and O–H groups in total. The van der Waals surface area contributed by atoms with Gasteiger partial charge in [-0.3, -0.25) is 0 Å². The van der Waals surface area contributed by atoms with Crippen LogP contribution in [-0.4, -0.2) is 16.6 Å². The van der Waals surface area contributed by atoms with E-state index in [2.05, 4.69) is 46.5 Å². The number of rotatable bonds is 6. The number of aryl methyl sites for hydroxylation is 2. The van der Waals surface area contributed by atoms with Gasteiger partial charge in [0.15, 0.2) is 5.82 Å². The molecule has 0 bridgehead atoms. The van der Waals surface area contributed by atoms with Crippen LogP contribution in [0.5, 0.6) is 5.88 Å². The summed E-state index contributed by atoms with van der Waals surface area (Å²) in [4.78, 5) is 8.59. The van der Waals surface area contributed by atoms with E-state index in [0.29, 0.717) is 36.4 Å². The fourth-order valence-electron chi connectivity index (χ4n) is 1.89. The highest BCUT2D eigenvalue weighted by molar-refractivity contribution is 5.66. The van der Waals surface area contributed by atoms with E-state index < -0.39 is 0 Å². The number of benzene rings is 1. The lowest BCUT2D eigenvalue weighted by atomic mass is 10.1. The van der Waals surface area contributed by atoms with Crippen LogP contribution in [-0.2, 0) is 6.54 Å². The summed E-state index contributed by atoms with van der Waals surface area (Å²) in [7, 11) is 0. The van der Waals surface area contributed by atoms with E-state index >= 15 is 0 Å². The number of nitrogen functional groups attached to an aromatic ring is 1. The molecule has 0 amide bonds. The van der Waals surface area contributed by atoms with Crippen LogP contribution in [0.4, 0.5) is 11.5 Å². The quantitative estimate of drug-likeness (QED) is 0.853. The van der Waals surface area contributed by atoms with Crippen molar-refractivity contribution in [3.8, 4) is 5.88 Å². The number of aromatic nitrogens is 2. The lowest BCUT2D eigenvalue weighted by Gasteiger charge is -2.13. The van der Waals surface area contributed by atoms with Gasteiger partial charge in [-0.1, -0.05) is 36.8 Å². The summed E-state index contributed by atoms with van der Waals surface area (Å²) >= 11 is 0. The second-order valence-corrected chi connectivity index (χ2v) is 5.03. The van der Waals surface area contributed by atoms with Crippen molar-refractivity contribution in [1.82, 2.24) is 9.97 Å². The maximum atomic E-state index is 6.07. The van der Waals surface area contributed by atoms with Crippen molar-refractivity contribution >= 4 is 11.5 Å². The monoisotopic (exact) mass is 286 g/mol. The molecule has 0 saturated heterocycles. The van der Waals surface area contributed by atoms with Crippen LogP contribution in [0.2, 0.25) is 0 Å². The highest BCUT2D eigenvalue weighted by Crippen LogP contribution is 2.26. The van der Waals surface area contributed by atoms with Crippen LogP contribution in [0.15, 0.2) is 24.3 Å². The molecule has 1 aromatic carbocycles. The average Bonchev–Trinajstić information content (AvgIpc) is 2.48. The fraction of sp³-hybridized carbons (Fsp3) is 0.375. The first-order valence-electron chi connectivity index (χ1n) is 7.16. The predicted molar refractivity (Wildman–Crippen MR) is 85.5 cm³/mol. The lowest BCUT2D eigenvalue weighted by Crippen LogP contribution is -2.10. The number of nitrogens with zero attached hydrogens (tertiary/aromatic N) is 2. The molecule has 1 aromatic heterocycles. The molecule has 0 fully saturated rings. The van der Waals surface area contributed by atoms with Crippen LogP contribution in [0.25, 0.3) is 0 Å². The molecule has 0 atom stereocenters. The van der Waals surface area contributed by atoms with Crippen molar-refractivity contribution in [1.29, 1.82) is 0 Å². The Hall–Kier alpha value is -2.30. The van der Waals surface area contributed by atoms with E-state index in [1.54, 1.807) is 0 Å². The highest BCUT2D eigenvalue weighted by Gasteiger charge is 2.11. The molecule has 1 heterocycles. The van der Waals surface area contributed by atoms with Gasteiger partial charge in [-0.05, 0) is 25.8 Å². The van der Waals surface area contributed by atoms with Crippen molar-refractivity contribution < 1.29 is 4.74 Å². The third kappa shape index (κ3) is 4.08. The zero-order valence-electron chi connectivity index (χ0n) is 12.8. The Bertz CT molecular complexity index is 596. The molecule has 2 aromatic rings. The van der Waals surface area contributed by atoms with Crippen LogP contribution < -0.4 is 15.8 Å². The van der Waals surface area contributed by atoms with Gasteiger partial charge < -0.3 is 15.8 Å². The van der Waals surface area contributed by atoms with E-state index in [1.165, 1.54) is 11.1 Å². The Morgan fingerprint density at radius 3 is 2.52 bits per heavy atom. The molecule has 0 aliphatic carbocycles. The number of anilines is 2. The van der Waals surface area contributed by atoms with Gasteiger partial charge in [-0.15, -0.1) is 0 Å². The molecule has 112 valence electrons. The third-order valence-corrected chi connectivity index (χ3v) is 3.05. The van der Waals surface area contributed by atoms with Gasteiger partial charge in [-0.2, -0.15) is 4.98 Å². The molecule has 2 rings (SSSR count). The molecule has 0 radical (unpaired) electrons. The first-order valence-corrected chi connectivity index (χ1v) is 7.16. The average molecular weight is 286 g/mol. The Balaban J connectivity index is 2.11. The Kier molecular flexibility index (Phi) is 4.98. The Labute approximate surface area is 125 Å². The summed E-state index contributed by atoms with van der Waals surface area (Å²) in [5, 5.41) is 3.25. The summed E-state index contributed by atoms with van der Waals surface area (Å²) in [5.41, 5.74) is 8.94. The van der Waals surface area contributed by atoms with Crippen molar-refractivity contribution in [2.45, 2.75) is 33.7 Å². The minimum absolute atomic E-state index is 0.454. The van der Waals surface area contributed by atoms with E-state index in [-0.39, 0.29) is 0 Å². The van der Waals surface area contributed by atoms with Crippen molar-refractivity contribution in [3.05, 3.63) is 41.2 Å². The normalized spacial score (nSPS) is 10.4. The molecule has 0 spiro atoms. The van der Waals surface area contributed by atoms with E-state index in [1.807, 2.05) is 13.8 Å². The fourth-order valence-corrected chi connectivity index (χ4v) is 1.89. The first kappa shape index (κ1) is 15.1. The first-order chi connectivity index (χ1) is 10.1. The molecule has 0 unspecified atom stereocenters. The minimum atomic E-state index is 0.454. The van der Waals surface area contributed by atoms with Gasteiger partial charge in [0.2, 0.25) is 5.88 Å². The third-order valence-electron chi connectivity index (χ3n) is 3.05. The summed E-state index contributed by atoms with van der Waals surface area (Å²) in [6.45, 7) is 7.20. The Morgan fingerprint density at radius 1 is 1.14 bits per heavy atom. The largest absolute Gasteiger partial charge is 0.476 e. The zero-order chi connectivity index (χ0) is 15.2. The van der Waals surface area contributed by atoms with Gasteiger partial charge in [0.25, 0.3) is 0 Å². The molecule has 5 heteroatoms. The SMILES string of the molecule is CCCOc1nc(C)nc(NCc2ccc(C)cc2)c1N. The Morgan fingerprint density at radius 2 is 1.86 bits per heavy atom. The number of hydrogen-bond donors (Lipinski definition) is 2. The van der Waals surface area contributed by atoms with Crippen LogP contribution in [0, 0.1) is 13.8 Å². The molecule has 0 saturated carbocycles. The number of nitrogens with two attached hydrogens (primary N) is 1. The smallest absolute Gasteiger partial charge is 0.242 e. The minimum Gasteiger partial charge on any atom is -0.476 e. The highest BCUT2D eigenvalue weighted by atomic mass is 16.5. The van der Waals surface area contributed by atoms with Crippen molar-refractivity contribution in [2.75, 3.05) is 17.7 Å².